The molecule has 1 fully saturated rings. The zero-order valence-electron chi connectivity index (χ0n) is 9.79. The van der Waals surface area contributed by atoms with E-state index in [9.17, 15) is 0 Å². The third kappa shape index (κ3) is 3.97. The second-order valence-electron chi connectivity index (χ2n) is 5.19. The maximum Gasteiger partial charge on any atom is 0.0445 e. The average Bonchev–Trinajstić information content (AvgIpc) is 2.01. The van der Waals surface area contributed by atoms with Gasteiger partial charge in [-0.25, -0.2) is 0 Å². The van der Waals surface area contributed by atoms with Gasteiger partial charge in [0.1, 0.15) is 0 Å². The molecule has 84 valence electrons. The molecular formula is C12H25NO. The molecule has 14 heavy (non-hydrogen) atoms. The van der Waals surface area contributed by atoms with Crippen LogP contribution >= 0.6 is 0 Å². The Bertz CT molecular complexity index is 150. The van der Waals surface area contributed by atoms with Crippen LogP contribution < -0.4 is 5.32 Å². The van der Waals surface area contributed by atoms with Crippen molar-refractivity contribution >= 4 is 0 Å². The van der Waals surface area contributed by atoms with Crippen molar-refractivity contribution in [2.75, 3.05) is 6.61 Å². The summed E-state index contributed by atoms with van der Waals surface area (Å²) >= 11 is 0. The van der Waals surface area contributed by atoms with E-state index in [1.54, 1.807) is 0 Å². The van der Waals surface area contributed by atoms with Gasteiger partial charge in [0.15, 0.2) is 0 Å². The standard InChI is InChI=1S/C12H25NO/c1-9-6-10(2)8-12(7-9)13-11(3)4-5-14/h9-14H,4-8H2,1-3H3/t9?,10?,11-,12?/m1/s1. The summed E-state index contributed by atoms with van der Waals surface area (Å²) < 4.78 is 0. The summed E-state index contributed by atoms with van der Waals surface area (Å²) in [6.07, 6.45) is 4.87. The van der Waals surface area contributed by atoms with Crippen molar-refractivity contribution in [3.05, 3.63) is 0 Å². The first-order chi connectivity index (χ1) is 6.61. The smallest absolute Gasteiger partial charge is 0.0445 e. The lowest BCUT2D eigenvalue weighted by atomic mass is 9.80. The van der Waals surface area contributed by atoms with Crippen LogP contribution in [-0.2, 0) is 0 Å². The first-order valence-corrected chi connectivity index (χ1v) is 5.98. The molecule has 0 amide bonds. The van der Waals surface area contributed by atoms with Crippen LogP contribution in [0.15, 0.2) is 0 Å². The highest BCUT2D eigenvalue weighted by Crippen LogP contribution is 2.28. The van der Waals surface area contributed by atoms with Crippen LogP contribution in [-0.4, -0.2) is 23.8 Å². The van der Waals surface area contributed by atoms with Gasteiger partial charge in [0, 0.05) is 18.7 Å². The summed E-state index contributed by atoms with van der Waals surface area (Å²) in [5.41, 5.74) is 0. The first kappa shape index (κ1) is 12.0. The van der Waals surface area contributed by atoms with Gasteiger partial charge >= 0.3 is 0 Å². The van der Waals surface area contributed by atoms with Crippen LogP contribution in [0.5, 0.6) is 0 Å². The molecule has 0 aromatic rings. The molecule has 2 N–H and O–H groups in total. The minimum atomic E-state index is 0.298. The van der Waals surface area contributed by atoms with Gasteiger partial charge in [-0.05, 0) is 44.4 Å². The van der Waals surface area contributed by atoms with E-state index in [2.05, 4.69) is 26.1 Å². The van der Waals surface area contributed by atoms with E-state index in [4.69, 9.17) is 5.11 Å². The monoisotopic (exact) mass is 199 g/mol. The van der Waals surface area contributed by atoms with Crippen LogP contribution in [0, 0.1) is 11.8 Å². The Kier molecular flexibility index (Phi) is 4.90. The topological polar surface area (TPSA) is 32.3 Å². The van der Waals surface area contributed by atoms with Crippen LogP contribution in [0.1, 0.15) is 46.5 Å². The van der Waals surface area contributed by atoms with E-state index in [0.717, 1.165) is 18.3 Å². The number of hydrogen-bond donors (Lipinski definition) is 2. The fourth-order valence-electron chi connectivity index (χ4n) is 2.76. The molecule has 0 aromatic carbocycles. The Morgan fingerprint density at radius 1 is 1.21 bits per heavy atom. The van der Waals surface area contributed by atoms with Crippen molar-refractivity contribution in [2.45, 2.75) is 58.5 Å². The fraction of sp³-hybridized carbons (Fsp3) is 1.00. The molecule has 0 saturated heterocycles. The normalized spacial score (nSPS) is 35.6. The Hall–Kier alpha value is -0.0800. The second kappa shape index (κ2) is 5.72. The molecule has 0 bridgehead atoms. The van der Waals surface area contributed by atoms with Crippen molar-refractivity contribution in [1.29, 1.82) is 0 Å². The molecule has 1 saturated carbocycles. The van der Waals surface area contributed by atoms with Crippen LogP contribution in [0.3, 0.4) is 0 Å². The van der Waals surface area contributed by atoms with Gasteiger partial charge in [0.05, 0.1) is 0 Å². The molecule has 0 aliphatic heterocycles. The zero-order valence-corrected chi connectivity index (χ0v) is 9.79. The lowest BCUT2D eigenvalue weighted by Crippen LogP contribution is -2.41. The predicted octanol–water partition coefficient (Wildman–Crippen LogP) is 2.17. The number of aliphatic hydroxyl groups is 1. The van der Waals surface area contributed by atoms with Crippen molar-refractivity contribution in [2.24, 2.45) is 11.8 Å². The molecule has 0 heterocycles. The third-order valence-electron chi connectivity index (χ3n) is 3.26. The summed E-state index contributed by atoms with van der Waals surface area (Å²) in [7, 11) is 0. The van der Waals surface area contributed by atoms with Gasteiger partial charge in [0.25, 0.3) is 0 Å². The Morgan fingerprint density at radius 2 is 1.79 bits per heavy atom. The number of aliphatic hydroxyl groups excluding tert-OH is 1. The Balaban J connectivity index is 2.29. The zero-order chi connectivity index (χ0) is 10.6. The van der Waals surface area contributed by atoms with Crippen LogP contribution in [0.2, 0.25) is 0 Å². The van der Waals surface area contributed by atoms with Crippen LogP contribution in [0.4, 0.5) is 0 Å². The van der Waals surface area contributed by atoms with Gasteiger partial charge < -0.3 is 10.4 Å². The minimum Gasteiger partial charge on any atom is -0.396 e. The van der Waals surface area contributed by atoms with Crippen molar-refractivity contribution in [1.82, 2.24) is 5.32 Å². The average molecular weight is 199 g/mol. The highest BCUT2D eigenvalue weighted by molar-refractivity contribution is 4.81. The molecule has 0 aromatic heterocycles. The van der Waals surface area contributed by atoms with Crippen LogP contribution in [0.25, 0.3) is 0 Å². The lowest BCUT2D eigenvalue weighted by molar-refractivity contribution is 0.211. The minimum absolute atomic E-state index is 0.298. The SMILES string of the molecule is CC1CC(C)CC(N[C@H](C)CCO)C1. The summed E-state index contributed by atoms with van der Waals surface area (Å²) in [6, 6.07) is 1.14. The van der Waals surface area contributed by atoms with Gasteiger partial charge in [-0.15, -0.1) is 0 Å². The highest BCUT2D eigenvalue weighted by atomic mass is 16.3. The quantitative estimate of drug-likeness (QED) is 0.727. The molecule has 1 aliphatic rings. The van der Waals surface area contributed by atoms with Gasteiger partial charge in [0.2, 0.25) is 0 Å². The number of rotatable bonds is 4. The first-order valence-electron chi connectivity index (χ1n) is 5.98. The van der Waals surface area contributed by atoms with E-state index in [1.165, 1.54) is 19.3 Å². The van der Waals surface area contributed by atoms with Crippen molar-refractivity contribution < 1.29 is 5.11 Å². The maximum atomic E-state index is 8.83. The van der Waals surface area contributed by atoms with Gasteiger partial charge in [-0.3, -0.25) is 0 Å². The van der Waals surface area contributed by atoms with Gasteiger partial charge in [-0.2, -0.15) is 0 Å². The summed E-state index contributed by atoms with van der Waals surface area (Å²) in [6.45, 7) is 7.16. The third-order valence-corrected chi connectivity index (χ3v) is 3.26. The van der Waals surface area contributed by atoms with E-state index in [-0.39, 0.29) is 0 Å². The van der Waals surface area contributed by atoms with Crippen molar-refractivity contribution in [3.63, 3.8) is 0 Å². The van der Waals surface area contributed by atoms with E-state index < -0.39 is 0 Å². The molecule has 0 spiro atoms. The highest BCUT2D eigenvalue weighted by Gasteiger charge is 2.24. The van der Waals surface area contributed by atoms with E-state index in [0.29, 0.717) is 18.7 Å². The molecule has 0 radical (unpaired) electrons. The summed E-state index contributed by atoms with van der Waals surface area (Å²) in [4.78, 5) is 0. The molecule has 2 unspecified atom stereocenters. The maximum absolute atomic E-state index is 8.83. The molecule has 2 nitrogen and oxygen atoms in total. The Morgan fingerprint density at radius 3 is 2.29 bits per heavy atom. The molecular weight excluding hydrogens is 174 g/mol. The lowest BCUT2D eigenvalue weighted by Gasteiger charge is -2.33. The largest absolute Gasteiger partial charge is 0.396 e. The molecule has 3 atom stereocenters. The number of nitrogens with one attached hydrogen (secondary N) is 1. The Labute approximate surface area is 88.1 Å². The molecule has 2 heteroatoms. The summed E-state index contributed by atoms with van der Waals surface area (Å²) in [5, 5.41) is 12.5. The molecule has 1 rings (SSSR count). The number of hydrogen-bond acceptors (Lipinski definition) is 2. The van der Waals surface area contributed by atoms with Gasteiger partial charge in [-0.1, -0.05) is 13.8 Å². The van der Waals surface area contributed by atoms with Crippen molar-refractivity contribution in [3.8, 4) is 0 Å². The predicted molar refractivity (Wildman–Crippen MR) is 60.3 cm³/mol. The second-order valence-corrected chi connectivity index (χ2v) is 5.19. The fourth-order valence-corrected chi connectivity index (χ4v) is 2.76. The summed E-state index contributed by atoms with van der Waals surface area (Å²) in [5.74, 6) is 1.72. The van der Waals surface area contributed by atoms with E-state index in [1.807, 2.05) is 0 Å². The molecule has 1 aliphatic carbocycles. The van der Waals surface area contributed by atoms with E-state index >= 15 is 0 Å².